The number of nitrogen functional groups attached to an aromatic ring is 1. The third kappa shape index (κ3) is 4.01. The monoisotopic (exact) mass is 329 g/mol. The Morgan fingerprint density at radius 2 is 2.04 bits per heavy atom. The first-order valence-electron chi connectivity index (χ1n) is 8.04. The van der Waals surface area contributed by atoms with Crippen molar-refractivity contribution in [3.63, 3.8) is 0 Å². The highest BCUT2D eigenvalue weighted by atomic mass is 16.5. The number of carbonyl (C=O) groups is 1. The molecule has 24 heavy (non-hydrogen) atoms. The second kappa shape index (κ2) is 7.77. The third-order valence-electron chi connectivity index (χ3n) is 3.61. The van der Waals surface area contributed by atoms with Crippen LogP contribution in [0.15, 0.2) is 24.3 Å². The number of hydrogen-bond acceptors (Lipinski definition) is 6. The lowest BCUT2D eigenvalue weighted by Gasteiger charge is -2.15. The third-order valence-corrected chi connectivity index (χ3v) is 3.61. The molecule has 1 aromatic heterocycles. The van der Waals surface area contributed by atoms with Gasteiger partial charge >= 0.3 is 5.97 Å². The van der Waals surface area contributed by atoms with E-state index in [1.54, 1.807) is 13.8 Å². The van der Waals surface area contributed by atoms with Gasteiger partial charge in [-0.3, -0.25) is 0 Å². The molecule has 1 aromatic carbocycles. The summed E-state index contributed by atoms with van der Waals surface area (Å²) in [5.41, 5.74) is 7.77. The van der Waals surface area contributed by atoms with Gasteiger partial charge in [-0.1, -0.05) is 19.1 Å². The highest BCUT2D eigenvalue weighted by Crippen LogP contribution is 2.28. The Bertz CT molecular complexity index is 731. The van der Waals surface area contributed by atoms with Gasteiger partial charge in [0.05, 0.1) is 24.1 Å². The number of hydrogen-bond donors (Lipinski definition) is 1. The number of aryl methyl sites for hydroxylation is 1. The van der Waals surface area contributed by atoms with Gasteiger partial charge in [-0.25, -0.2) is 14.8 Å². The van der Waals surface area contributed by atoms with Gasteiger partial charge in [-0.05, 0) is 39.3 Å². The Morgan fingerprint density at radius 1 is 1.29 bits per heavy atom. The Hall–Kier alpha value is -2.63. The van der Waals surface area contributed by atoms with Gasteiger partial charge in [0.25, 0.3) is 0 Å². The number of esters is 1. The molecule has 0 saturated heterocycles. The fourth-order valence-corrected chi connectivity index (χ4v) is 2.28. The Kier molecular flexibility index (Phi) is 5.73. The second-order valence-electron chi connectivity index (χ2n) is 5.48. The fraction of sp³-hybridized carbons (Fsp3) is 0.389. The van der Waals surface area contributed by atoms with Gasteiger partial charge in [0.1, 0.15) is 11.3 Å². The van der Waals surface area contributed by atoms with E-state index >= 15 is 0 Å². The SMILES string of the molecule is CCOC(=O)c1c(C)nc(N)nc1-c1cccc(OC(C)CC)c1. The molecule has 0 radical (unpaired) electrons. The minimum Gasteiger partial charge on any atom is -0.491 e. The zero-order valence-electron chi connectivity index (χ0n) is 14.5. The van der Waals surface area contributed by atoms with E-state index in [1.165, 1.54) is 0 Å². The highest BCUT2D eigenvalue weighted by Gasteiger charge is 2.21. The zero-order chi connectivity index (χ0) is 17.7. The van der Waals surface area contributed by atoms with Crippen molar-refractivity contribution in [2.75, 3.05) is 12.3 Å². The van der Waals surface area contributed by atoms with E-state index in [-0.39, 0.29) is 18.7 Å². The van der Waals surface area contributed by atoms with Crippen LogP contribution in [0.2, 0.25) is 0 Å². The summed E-state index contributed by atoms with van der Waals surface area (Å²) in [6.45, 7) is 7.81. The molecule has 0 saturated carbocycles. The predicted molar refractivity (Wildman–Crippen MR) is 93.0 cm³/mol. The van der Waals surface area contributed by atoms with Crippen molar-refractivity contribution in [1.29, 1.82) is 0 Å². The summed E-state index contributed by atoms with van der Waals surface area (Å²) in [5.74, 6) is 0.369. The van der Waals surface area contributed by atoms with Crippen molar-refractivity contribution in [2.45, 2.75) is 40.2 Å². The van der Waals surface area contributed by atoms with Crippen LogP contribution in [0.4, 0.5) is 5.95 Å². The summed E-state index contributed by atoms with van der Waals surface area (Å²) in [4.78, 5) is 20.6. The molecule has 0 aliphatic rings. The molecule has 0 aliphatic carbocycles. The topological polar surface area (TPSA) is 87.3 Å². The molecular formula is C18H23N3O3. The van der Waals surface area contributed by atoms with Gasteiger partial charge in [-0.2, -0.15) is 0 Å². The normalized spacial score (nSPS) is 11.8. The number of rotatable bonds is 6. The van der Waals surface area contributed by atoms with Gasteiger partial charge in [-0.15, -0.1) is 0 Å². The van der Waals surface area contributed by atoms with Crippen LogP contribution in [0.1, 0.15) is 43.2 Å². The van der Waals surface area contributed by atoms with Crippen LogP contribution >= 0.6 is 0 Å². The number of nitrogens with zero attached hydrogens (tertiary/aromatic N) is 2. The largest absolute Gasteiger partial charge is 0.491 e. The van der Waals surface area contributed by atoms with Gasteiger partial charge in [0, 0.05) is 5.56 Å². The molecule has 0 aliphatic heterocycles. The van der Waals surface area contributed by atoms with Crippen molar-refractivity contribution in [3.05, 3.63) is 35.5 Å². The number of ether oxygens (including phenoxy) is 2. The first kappa shape index (κ1) is 17.7. The molecule has 0 spiro atoms. The number of anilines is 1. The molecule has 1 unspecified atom stereocenters. The average molecular weight is 329 g/mol. The van der Waals surface area contributed by atoms with Gasteiger partial charge in [0.2, 0.25) is 5.95 Å². The maximum atomic E-state index is 12.3. The lowest BCUT2D eigenvalue weighted by molar-refractivity contribution is 0.0525. The smallest absolute Gasteiger partial charge is 0.342 e. The first-order chi connectivity index (χ1) is 11.5. The Balaban J connectivity index is 2.51. The number of benzene rings is 1. The van der Waals surface area contributed by atoms with Crippen LogP contribution in [-0.2, 0) is 4.74 Å². The summed E-state index contributed by atoms with van der Waals surface area (Å²) in [6, 6.07) is 7.43. The maximum Gasteiger partial charge on any atom is 0.342 e. The van der Waals surface area contributed by atoms with Crippen LogP contribution in [0.5, 0.6) is 5.75 Å². The van der Waals surface area contributed by atoms with E-state index < -0.39 is 5.97 Å². The summed E-state index contributed by atoms with van der Waals surface area (Å²) < 4.78 is 11.0. The van der Waals surface area contributed by atoms with E-state index in [2.05, 4.69) is 16.9 Å². The summed E-state index contributed by atoms with van der Waals surface area (Å²) >= 11 is 0. The molecule has 0 fully saturated rings. The Labute approximate surface area is 142 Å². The molecular weight excluding hydrogens is 306 g/mol. The van der Waals surface area contributed by atoms with Gasteiger partial charge in [0.15, 0.2) is 0 Å². The van der Waals surface area contributed by atoms with E-state index in [0.717, 1.165) is 12.0 Å². The molecule has 2 rings (SSSR count). The van der Waals surface area contributed by atoms with Crippen LogP contribution < -0.4 is 10.5 Å². The average Bonchev–Trinajstić information content (AvgIpc) is 2.54. The number of nitrogens with two attached hydrogens (primary N) is 1. The summed E-state index contributed by atoms with van der Waals surface area (Å²) in [7, 11) is 0. The molecule has 6 heteroatoms. The molecule has 128 valence electrons. The lowest BCUT2D eigenvalue weighted by Crippen LogP contribution is -2.13. The highest BCUT2D eigenvalue weighted by molar-refractivity contribution is 5.97. The molecule has 1 heterocycles. The molecule has 1 atom stereocenters. The summed E-state index contributed by atoms with van der Waals surface area (Å²) in [5, 5.41) is 0. The maximum absolute atomic E-state index is 12.3. The predicted octanol–water partition coefficient (Wildman–Crippen LogP) is 3.39. The molecule has 2 aromatic rings. The number of carbonyl (C=O) groups excluding carboxylic acids is 1. The van der Waals surface area contributed by atoms with Crippen molar-refractivity contribution in [3.8, 4) is 17.0 Å². The molecule has 0 bridgehead atoms. The van der Waals surface area contributed by atoms with Crippen LogP contribution in [0, 0.1) is 6.92 Å². The van der Waals surface area contributed by atoms with E-state index in [1.807, 2.05) is 31.2 Å². The molecule has 6 nitrogen and oxygen atoms in total. The van der Waals surface area contributed by atoms with Gasteiger partial charge < -0.3 is 15.2 Å². The second-order valence-corrected chi connectivity index (χ2v) is 5.48. The quantitative estimate of drug-likeness (QED) is 0.817. The van der Waals surface area contributed by atoms with Crippen molar-refractivity contribution in [1.82, 2.24) is 9.97 Å². The first-order valence-corrected chi connectivity index (χ1v) is 8.04. The van der Waals surface area contributed by atoms with Crippen LogP contribution in [-0.4, -0.2) is 28.6 Å². The molecule has 2 N–H and O–H groups in total. The molecule has 0 amide bonds. The van der Waals surface area contributed by atoms with Crippen molar-refractivity contribution >= 4 is 11.9 Å². The van der Waals surface area contributed by atoms with Crippen LogP contribution in [0.25, 0.3) is 11.3 Å². The van der Waals surface area contributed by atoms with Crippen molar-refractivity contribution in [2.24, 2.45) is 0 Å². The lowest BCUT2D eigenvalue weighted by atomic mass is 10.0. The fourth-order valence-electron chi connectivity index (χ4n) is 2.28. The number of aromatic nitrogens is 2. The van der Waals surface area contributed by atoms with Crippen LogP contribution in [0.3, 0.4) is 0 Å². The zero-order valence-corrected chi connectivity index (χ0v) is 14.5. The summed E-state index contributed by atoms with van der Waals surface area (Å²) in [6.07, 6.45) is 1.000. The van der Waals surface area contributed by atoms with Crippen molar-refractivity contribution < 1.29 is 14.3 Å². The standard InChI is InChI=1S/C18H23N3O3/c1-5-11(3)24-14-9-7-8-13(10-14)16-15(17(22)23-6-2)12(4)20-18(19)21-16/h7-11H,5-6H2,1-4H3,(H2,19,20,21). The van der Waals surface area contributed by atoms with E-state index in [0.29, 0.717) is 22.7 Å². The van der Waals surface area contributed by atoms with E-state index in [9.17, 15) is 4.79 Å². The minimum atomic E-state index is -0.460. The van der Waals surface area contributed by atoms with E-state index in [4.69, 9.17) is 15.2 Å². The Morgan fingerprint density at radius 3 is 2.71 bits per heavy atom. The minimum absolute atomic E-state index is 0.0991.